The van der Waals surface area contributed by atoms with Crippen LogP contribution in [0.25, 0.3) is 0 Å². The fourth-order valence-electron chi connectivity index (χ4n) is 1.16. The van der Waals surface area contributed by atoms with Crippen LogP contribution < -0.4 is 0 Å². The molecule has 2 atom stereocenters. The van der Waals surface area contributed by atoms with E-state index in [0.717, 1.165) is 0 Å². The molecule has 3 nitrogen and oxygen atoms in total. The molecule has 0 rings (SSSR count). The minimum atomic E-state index is -3.09. The van der Waals surface area contributed by atoms with Gasteiger partial charge < -0.3 is 0 Å². The van der Waals surface area contributed by atoms with Crippen molar-refractivity contribution in [2.75, 3.05) is 0 Å². The van der Waals surface area contributed by atoms with Gasteiger partial charge >= 0.3 is 0 Å². The van der Waals surface area contributed by atoms with Gasteiger partial charge in [0.2, 0.25) is 0 Å². The van der Waals surface area contributed by atoms with Gasteiger partial charge in [0.25, 0.3) is 0 Å². The van der Waals surface area contributed by atoms with E-state index >= 15 is 0 Å². The van der Waals surface area contributed by atoms with Gasteiger partial charge in [0.1, 0.15) is 0 Å². The van der Waals surface area contributed by atoms with E-state index in [1.807, 2.05) is 19.9 Å². The Morgan fingerprint density at radius 3 is 2.15 bits per heavy atom. The molecule has 2 unspecified atom stereocenters. The Morgan fingerprint density at radius 2 is 1.85 bits per heavy atom. The number of rotatable bonds is 5. The normalized spacial score (nSPS) is 16.2. The highest BCUT2D eigenvalue weighted by Gasteiger charge is 2.28. The van der Waals surface area contributed by atoms with Gasteiger partial charge in [0.15, 0.2) is 9.84 Å². The third-order valence-electron chi connectivity index (χ3n) is 2.37. The van der Waals surface area contributed by atoms with Crippen LogP contribution in [0.3, 0.4) is 0 Å². The Morgan fingerprint density at radius 1 is 1.31 bits per heavy atom. The molecular weight excluding hydrogens is 186 g/mol. The third-order valence-corrected chi connectivity index (χ3v) is 5.26. The Hall–Kier alpha value is -0.560. The first-order valence-corrected chi connectivity index (χ1v) is 6.21. The fourth-order valence-corrected chi connectivity index (χ4v) is 3.05. The highest BCUT2D eigenvalue weighted by Crippen LogP contribution is 2.17. The van der Waals surface area contributed by atoms with Crippen LogP contribution in [-0.4, -0.2) is 18.9 Å². The summed E-state index contributed by atoms with van der Waals surface area (Å²) in [7, 11) is -3.09. The molecular formula is C9H17NO2S. The lowest BCUT2D eigenvalue weighted by Gasteiger charge is -2.17. The lowest BCUT2D eigenvalue weighted by atomic mass is 10.3. The van der Waals surface area contributed by atoms with Crippen molar-refractivity contribution < 1.29 is 8.42 Å². The summed E-state index contributed by atoms with van der Waals surface area (Å²) in [4.78, 5) is 0. The molecule has 0 fully saturated rings. The predicted molar refractivity (Wildman–Crippen MR) is 53.0 cm³/mol. The van der Waals surface area contributed by atoms with E-state index in [9.17, 15) is 8.42 Å². The zero-order valence-electron chi connectivity index (χ0n) is 8.45. The van der Waals surface area contributed by atoms with E-state index in [1.54, 1.807) is 6.92 Å². The molecule has 0 heterocycles. The standard InChI is InChI=1S/C9H17NO2S/c1-4-8(3)13(11,12)9(5-2)6-7-10/h8-9H,4-6H2,1-3H3. The van der Waals surface area contributed by atoms with Crippen LogP contribution in [-0.2, 0) is 9.84 Å². The topological polar surface area (TPSA) is 57.9 Å². The summed E-state index contributed by atoms with van der Waals surface area (Å²) < 4.78 is 23.5. The molecule has 4 heteroatoms. The molecule has 0 aliphatic rings. The molecule has 0 aromatic carbocycles. The van der Waals surface area contributed by atoms with Crippen molar-refractivity contribution in [1.29, 1.82) is 5.26 Å². The minimum Gasteiger partial charge on any atom is -0.228 e. The summed E-state index contributed by atoms with van der Waals surface area (Å²) >= 11 is 0. The zero-order chi connectivity index (χ0) is 10.5. The van der Waals surface area contributed by atoms with Gasteiger partial charge in [-0.1, -0.05) is 13.8 Å². The molecule has 76 valence electrons. The van der Waals surface area contributed by atoms with Crippen LogP contribution >= 0.6 is 0 Å². The Bertz CT molecular complexity index is 276. The maximum Gasteiger partial charge on any atom is 0.156 e. The maximum absolute atomic E-state index is 11.7. The number of sulfone groups is 1. The van der Waals surface area contributed by atoms with E-state index in [-0.39, 0.29) is 11.7 Å². The van der Waals surface area contributed by atoms with Crippen LogP contribution in [0.5, 0.6) is 0 Å². The highest BCUT2D eigenvalue weighted by molar-refractivity contribution is 7.92. The average molecular weight is 203 g/mol. The molecule has 0 aromatic rings. The van der Waals surface area contributed by atoms with Gasteiger partial charge in [0.05, 0.1) is 23.0 Å². The fraction of sp³-hybridized carbons (Fsp3) is 0.889. The van der Waals surface area contributed by atoms with Crippen molar-refractivity contribution >= 4 is 9.84 Å². The first-order valence-electron chi connectivity index (χ1n) is 4.60. The second kappa shape index (κ2) is 5.23. The average Bonchev–Trinajstić information content (AvgIpc) is 2.12. The summed E-state index contributed by atoms with van der Waals surface area (Å²) in [5, 5.41) is 7.66. The van der Waals surface area contributed by atoms with Crippen molar-refractivity contribution in [1.82, 2.24) is 0 Å². The predicted octanol–water partition coefficient (Wildman–Crippen LogP) is 1.89. The summed E-state index contributed by atoms with van der Waals surface area (Å²) in [6.07, 6.45) is 1.26. The molecule has 0 amide bonds. The molecule has 0 radical (unpaired) electrons. The van der Waals surface area contributed by atoms with Gasteiger partial charge in [-0.25, -0.2) is 8.42 Å². The van der Waals surface area contributed by atoms with E-state index < -0.39 is 15.1 Å². The van der Waals surface area contributed by atoms with Crippen LogP contribution in [0.1, 0.15) is 40.0 Å². The lowest BCUT2D eigenvalue weighted by Crippen LogP contribution is -2.29. The van der Waals surface area contributed by atoms with Crippen LogP contribution in [0, 0.1) is 11.3 Å². The third kappa shape index (κ3) is 3.00. The number of nitrogens with zero attached hydrogens (tertiary/aromatic N) is 1. The smallest absolute Gasteiger partial charge is 0.156 e. The lowest BCUT2D eigenvalue weighted by molar-refractivity contribution is 0.561. The Kier molecular flexibility index (Phi) is 5.01. The number of nitriles is 1. The van der Waals surface area contributed by atoms with Gasteiger partial charge in [-0.05, 0) is 19.8 Å². The molecule has 0 aromatic heterocycles. The van der Waals surface area contributed by atoms with E-state index in [1.165, 1.54) is 0 Å². The SMILES string of the molecule is CCC(C)S(=O)(=O)C(CC)CC#N. The largest absolute Gasteiger partial charge is 0.228 e. The van der Waals surface area contributed by atoms with Gasteiger partial charge in [-0.15, -0.1) is 0 Å². The molecule has 0 saturated carbocycles. The molecule has 0 N–H and O–H groups in total. The monoisotopic (exact) mass is 203 g/mol. The summed E-state index contributed by atoms with van der Waals surface area (Å²) in [5.74, 6) is 0. The van der Waals surface area contributed by atoms with Crippen molar-refractivity contribution in [3.05, 3.63) is 0 Å². The molecule has 0 aliphatic carbocycles. The van der Waals surface area contributed by atoms with Crippen LogP contribution in [0.4, 0.5) is 0 Å². The quantitative estimate of drug-likeness (QED) is 0.685. The van der Waals surface area contributed by atoms with E-state index in [2.05, 4.69) is 0 Å². The molecule has 13 heavy (non-hydrogen) atoms. The minimum absolute atomic E-state index is 0.114. The van der Waals surface area contributed by atoms with Crippen LogP contribution in [0.15, 0.2) is 0 Å². The molecule has 0 spiro atoms. The van der Waals surface area contributed by atoms with E-state index in [4.69, 9.17) is 5.26 Å². The second-order valence-electron chi connectivity index (χ2n) is 3.20. The summed E-state index contributed by atoms with van der Waals surface area (Å²) in [5.41, 5.74) is 0. The zero-order valence-corrected chi connectivity index (χ0v) is 9.26. The Labute approximate surface area is 80.7 Å². The van der Waals surface area contributed by atoms with Gasteiger partial charge in [-0.3, -0.25) is 0 Å². The highest BCUT2D eigenvalue weighted by atomic mass is 32.2. The molecule has 0 aliphatic heterocycles. The number of hydrogen-bond acceptors (Lipinski definition) is 3. The maximum atomic E-state index is 11.7. The summed E-state index contributed by atoms with van der Waals surface area (Å²) in [6.45, 7) is 5.36. The van der Waals surface area contributed by atoms with Crippen molar-refractivity contribution in [3.8, 4) is 6.07 Å². The van der Waals surface area contributed by atoms with Crippen molar-refractivity contribution in [3.63, 3.8) is 0 Å². The van der Waals surface area contributed by atoms with E-state index in [0.29, 0.717) is 12.8 Å². The molecule has 0 saturated heterocycles. The first-order chi connectivity index (χ1) is 6.00. The van der Waals surface area contributed by atoms with Crippen molar-refractivity contribution in [2.45, 2.75) is 50.5 Å². The van der Waals surface area contributed by atoms with Crippen molar-refractivity contribution in [2.24, 2.45) is 0 Å². The van der Waals surface area contributed by atoms with Crippen LogP contribution in [0.2, 0.25) is 0 Å². The Balaban J connectivity index is 4.70. The molecule has 0 bridgehead atoms. The van der Waals surface area contributed by atoms with Gasteiger partial charge in [-0.2, -0.15) is 5.26 Å². The van der Waals surface area contributed by atoms with Gasteiger partial charge in [0, 0.05) is 0 Å². The second-order valence-corrected chi connectivity index (χ2v) is 5.85. The number of hydrogen-bond donors (Lipinski definition) is 0. The summed E-state index contributed by atoms with van der Waals surface area (Å²) in [6, 6.07) is 1.92. The first kappa shape index (κ1) is 12.4.